The summed E-state index contributed by atoms with van der Waals surface area (Å²) < 4.78 is 0. The Bertz CT molecular complexity index is 1900. The number of rotatable bonds is 0. The Labute approximate surface area is 193 Å². The van der Waals surface area contributed by atoms with Crippen molar-refractivity contribution >= 4 is 98.6 Å². The van der Waals surface area contributed by atoms with Crippen LogP contribution in [0.1, 0.15) is 0 Å². The fourth-order valence-corrected chi connectivity index (χ4v) is 6.44. The average molecular weight is 445 g/mol. The minimum Gasteiger partial charge on any atom is -0.0836 e. The third kappa shape index (κ3) is 1.96. The zero-order chi connectivity index (χ0) is 21.1. The highest BCUT2D eigenvalue weighted by atomic mass is 35.5. The topological polar surface area (TPSA) is 0 Å². The minimum absolute atomic E-state index is 0.785. The molecule has 0 saturated heterocycles. The second kappa shape index (κ2) is 5.72. The highest BCUT2D eigenvalue weighted by Crippen LogP contribution is 2.50. The maximum atomic E-state index is 6.96. The molecule has 0 bridgehead atoms. The number of hydrogen-bond donors (Lipinski definition) is 0. The van der Waals surface area contributed by atoms with Gasteiger partial charge in [0.15, 0.2) is 0 Å². The summed E-state index contributed by atoms with van der Waals surface area (Å²) in [4.78, 5) is 0. The van der Waals surface area contributed by atoms with E-state index in [1.807, 2.05) is 0 Å². The average Bonchev–Trinajstić information content (AvgIpc) is 2.81. The number of fused-ring (bicyclic) bond motifs is 4. The fourth-order valence-electron chi connectivity index (χ4n) is 5.91. The lowest BCUT2D eigenvalue weighted by Crippen LogP contribution is -1.92. The van der Waals surface area contributed by atoms with Gasteiger partial charge < -0.3 is 0 Å². The first-order valence-corrected chi connectivity index (χ1v) is 11.5. The van der Waals surface area contributed by atoms with E-state index < -0.39 is 0 Å². The molecule has 0 atom stereocenters. The molecular formula is C30H14Cl2. The third-order valence-electron chi connectivity index (χ3n) is 7.19. The highest BCUT2D eigenvalue weighted by molar-refractivity contribution is 6.49. The van der Waals surface area contributed by atoms with Gasteiger partial charge in [0.05, 0.1) is 0 Å². The minimum atomic E-state index is 0.785. The van der Waals surface area contributed by atoms with Crippen LogP contribution in [-0.4, -0.2) is 0 Å². The summed E-state index contributed by atoms with van der Waals surface area (Å²) in [6.07, 6.45) is 0. The smallest absolute Gasteiger partial charge is 0.0491 e. The Kier molecular flexibility index (Phi) is 3.09. The van der Waals surface area contributed by atoms with Crippen LogP contribution in [0.3, 0.4) is 0 Å². The summed E-state index contributed by atoms with van der Waals surface area (Å²) in [6.45, 7) is 0. The van der Waals surface area contributed by atoms with E-state index in [9.17, 15) is 0 Å². The van der Waals surface area contributed by atoms with E-state index in [-0.39, 0.29) is 0 Å². The van der Waals surface area contributed by atoms with E-state index in [4.69, 9.17) is 23.2 Å². The van der Waals surface area contributed by atoms with E-state index in [0.717, 1.165) is 20.8 Å². The van der Waals surface area contributed by atoms with Crippen molar-refractivity contribution in [3.63, 3.8) is 0 Å². The molecule has 0 unspecified atom stereocenters. The van der Waals surface area contributed by atoms with Gasteiger partial charge in [-0.2, -0.15) is 0 Å². The largest absolute Gasteiger partial charge is 0.0836 e. The standard InChI is InChI=1S/C30H14Cl2/c31-25-11-17-9-15-5-1-3-7-19(15)21-13-23-26(32)12-18-10-16-6-2-4-8-20(16)22-14-24(25)29(27(17)21)30(23)28(18)22/h1-14H. The van der Waals surface area contributed by atoms with Crippen LogP contribution in [0.5, 0.6) is 0 Å². The molecule has 0 heterocycles. The van der Waals surface area contributed by atoms with E-state index in [1.54, 1.807) is 0 Å². The van der Waals surface area contributed by atoms with Crippen molar-refractivity contribution in [2.75, 3.05) is 0 Å². The fraction of sp³-hybridized carbons (Fsp3) is 0. The molecule has 8 aromatic carbocycles. The van der Waals surface area contributed by atoms with Gasteiger partial charge in [0, 0.05) is 31.6 Å². The molecule has 0 aliphatic carbocycles. The normalized spacial score (nSPS) is 12.7. The molecule has 0 radical (unpaired) electrons. The van der Waals surface area contributed by atoms with Crippen LogP contribution in [0.25, 0.3) is 75.4 Å². The molecule has 8 aromatic rings. The van der Waals surface area contributed by atoms with Gasteiger partial charge in [-0.1, -0.05) is 71.7 Å². The Hall–Kier alpha value is -3.32. The first kappa shape index (κ1) is 17.3. The summed E-state index contributed by atoms with van der Waals surface area (Å²) in [6, 6.07) is 30.5. The molecule has 0 aromatic heterocycles. The summed E-state index contributed by atoms with van der Waals surface area (Å²) in [5.74, 6) is 0. The Balaban J connectivity index is 1.81. The Morgan fingerprint density at radius 2 is 0.781 bits per heavy atom. The predicted molar refractivity (Wildman–Crippen MR) is 141 cm³/mol. The zero-order valence-electron chi connectivity index (χ0n) is 16.8. The van der Waals surface area contributed by atoms with Crippen LogP contribution in [0.15, 0.2) is 84.9 Å². The van der Waals surface area contributed by atoms with Gasteiger partial charge in [0.1, 0.15) is 0 Å². The van der Waals surface area contributed by atoms with Crippen LogP contribution >= 0.6 is 23.2 Å². The summed E-state index contributed by atoms with van der Waals surface area (Å²) >= 11 is 13.9. The monoisotopic (exact) mass is 444 g/mol. The van der Waals surface area contributed by atoms with Gasteiger partial charge in [0.2, 0.25) is 0 Å². The van der Waals surface area contributed by atoms with Crippen molar-refractivity contribution in [3.8, 4) is 0 Å². The molecular weight excluding hydrogens is 431 g/mol. The summed E-state index contributed by atoms with van der Waals surface area (Å²) in [5.41, 5.74) is 0. The Morgan fingerprint density at radius 1 is 0.344 bits per heavy atom. The molecule has 148 valence electrons. The number of hydrogen-bond acceptors (Lipinski definition) is 0. The maximum absolute atomic E-state index is 6.96. The lowest BCUT2D eigenvalue weighted by molar-refractivity contribution is 1.79. The molecule has 0 N–H and O–H groups in total. The van der Waals surface area contributed by atoms with Crippen molar-refractivity contribution in [1.82, 2.24) is 0 Å². The van der Waals surface area contributed by atoms with Crippen LogP contribution < -0.4 is 0 Å². The SMILES string of the molecule is Clc1cc2cc3ccccc3c3cc4c(Cl)cc5cc6ccccc6c6cc1c(c23)c4c56. The number of benzene rings is 8. The molecule has 0 aliphatic heterocycles. The summed E-state index contributed by atoms with van der Waals surface area (Å²) in [7, 11) is 0. The maximum Gasteiger partial charge on any atom is 0.0491 e. The van der Waals surface area contributed by atoms with Gasteiger partial charge >= 0.3 is 0 Å². The van der Waals surface area contributed by atoms with Crippen LogP contribution in [0.4, 0.5) is 0 Å². The molecule has 0 spiro atoms. The lowest BCUT2D eigenvalue weighted by Gasteiger charge is -2.20. The molecule has 8 rings (SSSR count). The van der Waals surface area contributed by atoms with Crippen LogP contribution in [0, 0.1) is 0 Å². The molecule has 0 amide bonds. The number of halogens is 2. The molecule has 2 heteroatoms. The van der Waals surface area contributed by atoms with E-state index in [0.29, 0.717) is 0 Å². The summed E-state index contributed by atoms with van der Waals surface area (Å²) in [5, 5.41) is 18.5. The van der Waals surface area contributed by atoms with Crippen molar-refractivity contribution in [2.45, 2.75) is 0 Å². The van der Waals surface area contributed by atoms with Crippen molar-refractivity contribution < 1.29 is 0 Å². The van der Waals surface area contributed by atoms with Gasteiger partial charge in [0.25, 0.3) is 0 Å². The van der Waals surface area contributed by atoms with E-state index in [1.165, 1.54) is 64.6 Å². The van der Waals surface area contributed by atoms with E-state index >= 15 is 0 Å². The van der Waals surface area contributed by atoms with Crippen molar-refractivity contribution in [2.24, 2.45) is 0 Å². The quantitative estimate of drug-likeness (QED) is 0.161. The molecule has 0 saturated carbocycles. The first-order valence-electron chi connectivity index (χ1n) is 10.7. The van der Waals surface area contributed by atoms with E-state index in [2.05, 4.69) is 84.9 Å². The highest BCUT2D eigenvalue weighted by Gasteiger charge is 2.21. The van der Waals surface area contributed by atoms with Gasteiger partial charge in [-0.3, -0.25) is 0 Å². The predicted octanol–water partition coefficient (Wildman–Crippen LogP) is 9.94. The second-order valence-electron chi connectivity index (χ2n) is 8.80. The second-order valence-corrected chi connectivity index (χ2v) is 9.62. The molecule has 0 nitrogen and oxygen atoms in total. The Morgan fingerprint density at radius 3 is 1.25 bits per heavy atom. The van der Waals surface area contributed by atoms with Gasteiger partial charge in [-0.05, 0) is 90.3 Å². The van der Waals surface area contributed by atoms with Crippen molar-refractivity contribution in [1.29, 1.82) is 0 Å². The first-order chi connectivity index (χ1) is 15.7. The lowest BCUT2D eigenvalue weighted by atomic mass is 9.84. The third-order valence-corrected chi connectivity index (χ3v) is 7.81. The van der Waals surface area contributed by atoms with Gasteiger partial charge in [-0.25, -0.2) is 0 Å². The van der Waals surface area contributed by atoms with Crippen LogP contribution in [0.2, 0.25) is 10.0 Å². The van der Waals surface area contributed by atoms with Crippen molar-refractivity contribution in [3.05, 3.63) is 95.0 Å². The molecule has 32 heavy (non-hydrogen) atoms. The molecule has 0 fully saturated rings. The van der Waals surface area contributed by atoms with Gasteiger partial charge in [-0.15, -0.1) is 0 Å². The molecule has 0 aliphatic rings. The van der Waals surface area contributed by atoms with Crippen LogP contribution in [-0.2, 0) is 0 Å². The zero-order valence-corrected chi connectivity index (χ0v) is 18.4.